The van der Waals surface area contributed by atoms with E-state index in [2.05, 4.69) is 52.4 Å². The first-order valence-electron chi connectivity index (χ1n) is 6.88. The van der Waals surface area contributed by atoms with Crippen molar-refractivity contribution in [3.8, 4) is 0 Å². The van der Waals surface area contributed by atoms with Crippen LogP contribution < -0.4 is 0 Å². The Kier molecular flexibility index (Phi) is 3.59. The molecule has 3 aromatic rings. The van der Waals surface area contributed by atoms with E-state index in [4.69, 9.17) is 0 Å². The van der Waals surface area contributed by atoms with E-state index in [1.54, 1.807) is 0 Å². The molecule has 0 aliphatic rings. The van der Waals surface area contributed by atoms with Gasteiger partial charge in [0.1, 0.15) is 5.82 Å². The summed E-state index contributed by atoms with van der Waals surface area (Å²) in [6.45, 7) is 0. The van der Waals surface area contributed by atoms with Gasteiger partial charge in [0.15, 0.2) is 0 Å². The van der Waals surface area contributed by atoms with Crippen molar-refractivity contribution in [3.63, 3.8) is 0 Å². The van der Waals surface area contributed by atoms with E-state index in [0.717, 1.165) is 18.7 Å². The highest BCUT2D eigenvalue weighted by Crippen LogP contribution is 2.20. The van der Waals surface area contributed by atoms with E-state index in [0.29, 0.717) is 0 Å². The number of imidazole rings is 1. The highest BCUT2D eigenvalue weighted by atomic mass is 14.9. The molecule has 1 aromatic heterocycles. The summed E-state index contributed by atoms with van der Waals surface area (Å²) in [4.78, 5) is 7.41. The maximum atomic E-state index is 4.26. The minimum absolute atomic E-state index is 1.04. The molecule has 96 valence electrons. The van der Waals surface area contributed by atoms with Crippen molar-refractivity contribution in [3.05, 3.63) is 66.2 Å². The molecular weight excluding hydrogens is 232 g/mol. The van der Waals surface area contributed by atoms with Crippen LogP contribution in [0.4, 0.5) is 0 Å². The zero-order chi connectivity index (χ0) is 12.9. The smallest absolute Gasteiger partial charge is 0.105 e. The van der Waals surface area contributed by atoms with Gasteiger partial charge in [0.05, 0.1) is 0 Å². The van der Waals surface area contributed by atoms with E-state index in [1.165, 1.54) is 29.2 Å². The van der Waals surface area contributed by atoms with Gasteiger partial charge in [-0.15, -0.1) is 0 Å². The molecule has 0 saturated heterocycles. The summed E-state index contributed by atoms with van der Waals surface area (Å²) in [6.07, 6.45) is 8.27. The average molecular weight is 250 g/mol. The molecule has 0 aliphatic carbocycles. The lowest BCUT2D eigenvalue weighted by Gasteiger charge is -2.06. The molecule has 2 nitrogen and oxygen atoms in total. The molecule has 0 bridgehead atoms. The summed E-state index contributed by atoms with van der Waals surface area (Å²) in [5, 5.41) is 2.73. The number of hydrogen-bond donors (Lipinski definition) is 1. The Morgan fingerprint density at radius 3 is 2.63 bits per heavy atom. The van der Waals surface area contributed by atoms with Crippen molar-refractivity contribution >= 4 is 10.8 Å². The van der Waals surface area contributed by atoms with Gasteiger partial charge in [-0.2, -0.15) is 0 Å². The molecule has 3 rings (SSSR count). The van der Waals surface area contributed by atoms with Gasteiger partial charge >= 0.3 is 0 Å². The van der Waals surface area contributed by atoms with E-state index >= 15 is 0 Å². The highest BCUT2D eigenvalue weighted by Gasteiger charge is 2.01. The Labute approximate surface area is 113 Å². The monoisotopic (exact) mass is 250 g/mol. The average Bonchev–Trinajstić information content (AvgIpc) is 2.97. The second-order valence-corrected chi connectivity index (χ2v) is 4.88. The number of rotatable bonds is 5. The van der Waals surface area contributed by atoms with Gasteiger partial charge < -0.3 is 4.98 Å². The maximum absolute atomic E-state index is 4.26. The molecule has 2 aromatic carbocycles. The highest BCUT2D eigenvalue weighted by molar-refractivity contribution is 5.85. The van der Waals surface area contributed by atoms with Crippen LogP contribution in [0.2, 0.25) is 0 Å². The molecule has 0 saturated carbocycles. The molecule has 0 spiro atoms. The Morgan fingerprint density at radius 2 is 1.74 bits per heavy atom. The summed E-state index contributed by atoms with van der Waals surface area (Å²) < 4.78 is 0. The van der Waals surface area contributed by atoms with Crippen LogP contribution in [0.5, 0.6) is 0 Å². The second kappa shape index (κ2) is 5.70. The fourth-order valence-corrected chi connectivity index (χ4v) is 2.55. The number of nitrogens with zero attached hydrogens (tertiary/aromatic N) is 1. The largest absolute Gasteiger partial charge is 0.349 e. The van der Waals surface area contributed by atoms with Crippen molar-refractivity contribution in [2.24, 2.45) is 0 Å². The lowest BCUT2D eigenvalue weighted by Crippen LogP contribution is -1.92. The predicted molar refractivity (Wildman–Crippen MR) is 79.2 cm³/mol. The van der Waals surface area contributed by atoms with Crippen molar-refractivity contribution in [1.29, 1.82) is 0 Å². The number of hydrogen-bond acceptors (Lipinski definition) is 1. The normalized spacial score (nSPS) is 10.9. The molecule has 2 heteroatoms. The van der Waals surface area contributed by atoms with E-state index in [9.17, 15) is 0 Å². The van der Waals surface area contributed by atoms with Crippen LogP contribution in [0.15, 0.2) is 54.9 Å². The molecule has 19 heavy (non-hydrogen) atoms. The Balaban J connectivity index is 1.62. The first-order valence-corrected chi connectivity index (χ1v) is 6.88. The molecule has 1 heterocycles. The van der Waals surface area contributed by atoms with Gasteiger partial charge in [-0.3, -0.25) is 0 Å². The topological polar surface area (TPSA) is 28.7 Å². The number of H-pyrrole nitrogens is 1. The standard InChI is InChI=1S/C17H18N2/c1-3-10-16-14(6-1)8-5-9-15(16)7-2-4-11-17-18-12-13-19-17/h1,3,5-6,8-10,12-13H,2,4,7,11H2,(H,18,19). The number of aryl methyl sites for hydroxylation is 2. The summed E-state index contributed by atoms with van der Waals surface area (Å²) in [6, 6.07) is 15.2. The Hall–Kier alpha value is -2.09. The third-order valence-corrected chi connectivity index (χ3v) is 3.54. The minimum atomic E-state index is 1.04. The number of nitrogens with one attached hydrogen (secondary N) is 1. The summed E-state index contributed by atoms with van der Waals surface area (Å²) in [5.41, 5.74) is 1.46. The molecule has 0 fully saturated rings. The summed E-state index contributed by atoms with van der Waals surface area (Å²) in [7, 11) is 0. The third-order valence-electron chi connectivity index (χ3n) is 3.54. The minimum Gasteiger partial charge on any atom is -0.349 e. The van der Waals surface area contributed by atoms with Crippen LogP contribution in [0.3, 0.4) is 0 Å². The van der Waals surface area contributed by atoms with Gasteiger partial charge in [0.2, 0.25) is 0 Å². The first-order chi connectivity index (χ1) is 9.43. The van der Waals surface area contributed by atoms with Gasteiger partial charge in [-0.05, 0) is 35.6 Å². The maximum Gasteiger partial charge on any atom is 0.105 e. The lowest BCUT2D eigenvalue weighted by atomic mass is 10.00. The number of aromatic amines is 1. The Morgan fingerprint density at radius 1 is 0.895 bits per heavy atom. The van der Waals surface area contributed by atoms with Gasteiger partial charge in [-0.1, -0.05) is 42.5 Å². The fraction of sp³-hybridized carbons (Fsp3) is 0.235. The van der Waals surface area contributed by atoms with Crippen LogP contribution >= 0.6 is 0 Å². The van der Waals surface area contributed by atoms with Crippen LogP contribution in [0, 0.1) is 0 Å². The molecule has 1 N–H and O–H groups in total. The molecule has 0 amide bonds. The zero-order valence-corrected chi connectivity index (χ0v) is 11.0. The van der Waals surface area contributed by atoms with Crippen LogP contribution in [0.25, 0.3) is 10.8 Å². The number of unbranched alkanes of at least 4 members (excludes halogenated alkanes) is 1. The van der Waals surface area contributed by atoms with Crippen molar-refractivity contribution in [2.45, 2.75) is 25.7 Å². The quantitative estimate of drug-likeness (QED) is 0.678. The summed E-state index contributed by atoms with van der Waals surface area (Å²) in [5.74, 6) is 1.10. The molecular formula is C17H18N2. The van der Waals surface area contributed by atoms with Gasteiger partial charge in [0, 0.05) is 18.8 Å². The second-order valence-electron chi connectivity index (χ2n) is 4.88. The van der Waals surface area contributed by atoms with Crippen molar-refractivity contribution < 1.29 is 0 Å². The first kappa shape index (κ1) is 12.0. The molecule has 0 unspecified atom stereocenters. The number of fused-ring (bicyclic) bond motifs is 1. The van der Waals surface area contributed by atoms with Crippen LogP contribution in [-0.2, 0) is 12.8 Å². The number of aromatic nitrogens is 2. The van der Waals surface area contributed by atoms with Crippen molar-refractivity contribution in [2.75, 3.05) is 0 Å². The fourth-order valence-electron chi connectivity index (χ4n) is 2.55. The van der Waals surface area contributed by atoms with E-state index < -0.39 is 0 Å². The predicted octanol–water partition coefficient (Wildman–Crippen LogP) is 4.13. The summed E-state index contributed by atoms with van der Waals surface area (Å²) >= 11 is 0. The van der Waals surface area contributed by atoms with E-state index in [-0.39, 0.29) is 0 Å². The molecule has 0 aliphatic heterocycles. The number of benzene rings is 2. The van der Waals surface area contributed by atoms with E-state index in [1.807, 2.05) is 12.4 Å². The van der Waals surface area contributed by atoms with Crippen LogP contribution in [-0.4, -0.2) is 9.97 Å². The third kappa shape index (κ3) is 2.84. The van der Waals surface area contributed by atoms with Crippen molar-refractivity contribution in [1.82, 2.24) is 9.97 Å². The van der Waals surface area contributed by atoms with Gasteiger partial charge in [0.25, 0.3) is 0 Å². The molecule has 0 radical (unpaired) electrons. The SMILES string of the molecule is c1ccc2c(CCCCc3ncc[nH]3)cccc2c1. The van der Waals surface area contributed by atoms with Crippen LogP contribution in [0.1, 0.15) is 24.2 Å². The van der Waals surface area contributed by atoms with Gasteiger partial charge in [-0.25, -0.2) is 4.98 Å². The lowest BCUT2D eigenvalue weighted by molar-refractivity contribution is 0.715. The Bertz CT molecular complexity index is 636. The molecule has 0 atom stereocenters. The zero-order valence-electron chi connectivity index (χ0n) is 11.0.